The van der Waals surface area contributed by atoms with E-state index >= 15 is 0 Å². The molecule has 0 saturated carbocycles. The molecule has 1 heterocycles. The number of ether oxygens (including phenoxy) is 2. The van der Waals surface area contributed by atoms with Crippen LogP contribution >= 0.6 is 0 Å². The first-order chi connectivity index (χ1) is 9.55. The van der Waals surface area contributed by atoms with Gasteiger partial charge in [-0.05, 0) is 31.5 Å². The average Bonchev–Trinajstić information content (AvgIpc) is 2.44. The van der Waals surface area contributed by atoms with Crippen LogP contribution in [0.15, 0.2) is 18.2 Å². The van der Waals surface area contributed by atoms with Crippen molar-refractivity contribution < 1.29 is 14.6 Å². The molecule has 20 heavy (non-hydrogen) atoms. The molecule has 1 aromatic carbocycles. The lowest BCUT2D eigenvalue weighted by Crippen LogP contribution is -2.03. The van der Waals surface area contributed by atoms with E-state index in [1.165, 1.54) is 7.11 Å². The predicted octanol–water partition coefficient (Wildman–Crippen LogP) is 1.97. The number of hydrogen-bond acceptors (Lipinski definition) is 6. The summed E-state index contributed by atoms with van der Waals surface area (Å²) in [6.07, 6.45) is 0. The Bertz CT molecular complexity index is 629. The van der Waals surface area contributed by atoms with Gasteiger partial charge in [0.25, 0.3) is 0 Å². The van der Waals surface area contributed by atoms with E-state index in [4.69, 9.17) is 20.3 Å². The van der Waals surface area contributed by atoms with Gasteiger partial charge in [-0.15, -0.1) is 0 Å². The molecule has 0 aliphatic carbocycles. The van der Waals surface area contributed by atoms with E-state index in [0.717, 1.165) is 5.56 Å². The van der Waals surface area contributed by atoms with E-state index in [1.807, 2.05) is 0 Å². The Hall–Kier alpha value is -2.34. The Morgan fingerprint density at radius 2 is 1.95 bits per heavy atom. The highest BCUT2D eigenvalue weighted by atomic mass is 16.5. The monoisotopic (exact) mass is 275 g/mol. The van der Waals surface area contributed by atoms with E-state index in [1.54, 1.807) is 32.0 Å². The van der Waals surface area contributed by atoms with Crippen LogP contribution in [0.25, 0.3) is 0 Å². The minimum Gasteiger partial charge on any atom is -0.493 e. The summed E-state index contributed by atoms with van der Waals surface area (Å²) in [6, 6.07) is 5.18. The van der Waals surface area contributed by atoms with Crippen molar-refractivity contribution in [3.05, 3.63) is 35.2 Å². The molecule has 0 fully saturated rings. The molecular formula is C14H17N3O3. The summed E-state index contributed by atoms with van der Waals surface area (Å²) in [5, 5.41) is 9.12. The number of benzene rings is 1. The Labute approximate surface area is 117 Å². The maximum Gasteiger partial charge on any atom is 0.227 e. The van der Waals surface area contributed by atoms with Crippen molar-refractivity contribution in [2.24, 2.45) is 0 Å². The Kier molecular flexibility index (Phi) is 4.05. The number of aryl methyl sites for hydroxylation is 1. The van der Waals surface area contributed by atoms with E-state index in [2.05, 4.69) is 9.97 Å². The van der Waals surface area contributed by atoms with Gasteiger partial charge in [-0.1, -0.05) is 6.07 Å². The van der Waals surface area contributed by atoms with Gasteiger partial charge in [0.05, 0.1) is 19.3 Å². The average molecular weight is 275 g/mol. The number of methoxy groups -OCH3 is 1. The largest absolute Gasteiger partial charge is 0.493 e. The Morgan fingerprint density at radius 1 is 1.20 bits per heavy atom. The maximum atomic E-state index is 9.12. The van der Waals surface area contributed by atoms with Crippen molar-refractivity contribution in [1.82, 2.24) is 9.97 Å². The molecule has 0 unspecified atom stereocenters. The number of nitrogens with two attached hydrogens (primary N) is 1. The second-order valence-corrected chi connectivity index (χ2v) is 4.33. The summed E-state index contributed by atoms with van der Waals surface area (Å²) in [4.78, 5) is 8.30. The van der Waals surface area contributed by atoms with Gasteiger partial charge in [0.1, 0.15) is 11.6 Å². The van der Waals surface area contributed by atoms with E-state index < -0.39 is 0 Å². The lowest BCUT2D eigenvalue weighted by Gasteiger charge is -2.13. The minimum absolute atomic E-state index is 0.0603. The van der Waals surface area contributed by atoms with Gasteiger partial charge < -0.3 is 20.3 Å². The van der Waals surface area contributed by atoms with Crippen molar-refractivity contribution >= 4 is 5.82 Å². The summed E-state index contributed by atoms with van der Waals surface area (Å²) >= 11 is 0. The molecule has 6 heteroatoms. The first-order valence-corrected chi connectivity index (χ1v) is 6.11. The van der Waals surface area contributed by atoms with E-state index in [-0.39, 0.29) is 6.61 Å². The topological polar surface area (TPSA) is 90.5 Å². The molecule has 0 aliphatic heterocycles. The van der Waals surface area contributed by atoms with Crippen molar-refractivity contribution in [3.63, 3.8) is 0 Å². The first-order valence-electron chi connectivity index (χ1n) is 6.11. The fraction of sp³-hybridized carbons (Fsp3) is 0.286. The quantitative estimate of drug-likeness (QED) is 0.886. The molecule has 0 bridgehead atoms. The second-order valence-electron chi connectivity index (χ2n) is 4.33. The summed E-state index contributed by atoms with van der Waals surface area (Å²) < 4.78 is 11.0. The number of aliphatic hydroxyl groups excluding tert-OH is 1. The molecule has 6 nitrogen and oxygen atoms in total. The Morgan fingerprint density at radius 3 is 2.60 bits per heavy atom. The van der Waals surface area contributed by atoms with Crippen molar-refractivity contribution in [1.29, 1.82) is 0 Å². The molecule has 0 saturated heterocycles. The van der Waals surface area contributed by atoms with Crippen LogP contribution in [-0.4, -0.2) is 22.2 Å². The van der Waals surface area contributed by atoms with Crippen LogP contribution < -0.4 is 15.2 Å². The van der Waals surface area contributed by atoms with Gasteiger partial charge in [0.15, 0.2) is 11.5 Å². The van der Waals surface area contributed by atoms with Crippen LogP contribution in [-0.2, 0) is 6.61 Å². The Balaban J connectivity index is 2.39. The third-order valence-electron chi connectivity index (χ3n) is 2.87. The molecule has 2 rings (SSSR count). The molecule has 1 aromatic heterocycles. The smallest absolute Gasteiger partial charge is 0.227 e. The van der Waals surface area contributed by atoms with E-state index in [9.17, 15) is 0 Å². The van der Waals surface area contributed by atoms with Gasteiger partial charge in [0, 0.05) is 0 Å². The van der Waals surface area contributed by atoms with Crippen LogP contribution in [0, 0.1) is 13.8 Å². The SMILES string of the molecule is COc1cc(CO)ccc1Oc1nc(C)nc(N)c1C. The number of nitrogens with zero attached hydrogens (tertiary/aromatic N) is 2. The fourth-order valence-electron chi connectivity index (χ4n) is 1.72. The van der Waals surface area contributed by atoms with Crippen molar-refractivity contribution in [2.45, 2.75) is 20.5 Å². The second kappa shape index (κ2) is 5.75. The zero-order chi connectivity index (χ0) is 14.7. The third-order valence-corrected chi connectivity index (χ3v) is 2.87. The molecule has 2 aromatic rings. The number of hydrogen-bond donors (Lipinski definition) is 2. The molecular weight excluding hydrogens is 258 g/mol. The molecule has 106 valence electrons. The molecule has 0 atom stereocenters. The van der Waals surface area contributed by atoms with Gasteiger partial charge in [0.2, 0.25) is 5.88 Å². The van der Waals surface area contributed by atoms with Crippen LogP contribution in [0.5, 0.6) is 17.4 Å². The highest BCUT2D eigenvalue weighted by Gasteiger charge is 2.12. The number of anilines is 1. The fourth-order valence-corrected chi connectivity index (χ4v) is 1.72. The van der Waals surface area contributed by atoms with Gasteiger partial charge in [-0.3, -0.25) is 0 Å². The number of aliphatic hydroxyl groups is 1. The molecule has 0 spiro atoms. The zero-order valence-corrected chi connectivity index (χ0v) is 11.7. The zero-order valence-electron chi connectivity index (χ0n) is 11.7. The molecule has 0 aliphatic rings. The highest BCUT2D eigenvalue weighted by Crippen LogP contribution is 2.33. The summed E-state index contributed by atoms with van der Waals surface area (Å²) in [6.45, 7) is 3.47. The predicted molar refractivity (Wildman–Crippen MR) is 74.9 cm³/mol. The normalized spacial score (nSPS) is 10.4. The molecule has 3 N–H and O–H groups in total. The maximum absolute atomic E-state index is 9.12. The van der Waals surface area contributed by atoms with Gasteiger partial charge >= 0.3 is 0 Å². The summed E-state index contributed by atoms with van der Waals surface area (Å²) in [5.74, 6) is 2.34. The number of nitrogen functional groups attached to an aromatic ring is 1. The number of rotatable bonds is 4. The van der Waals surface area contributed by atoms with E-state index in [0.29, 0.717) is 34.6 Å². The standard InChI is InChI=1S/C14H17N3O3/c1-8-13(15)16-9(2)17-14(8)20-11-5-4-10(7-18)6-12(11)19-3/h4-6,18H,7H2,1-3H3,(H2,15,16,17). The first kappa shape index (κ1) is 14.1. The van der Waals surface area contributed by atoms with Crippen molar-refractivity contribution in [3.8, 4) is 17.4 Å². The van der Waals surface area contributed by atoms with Crippen LogP contribution in [0.3, 0.4) is 0 Å². The van der Waals surface area contributed by atoms with Crippen LogP contribution in [0.1, 0.15) is 17.0 Å². The van der Waals surface area contributed by atoms with Crippen molar-refractivity contribution in [2.75, 3.05) is 12.8 Å². The summed E-state index contributed by atoms with van der Waals surface area (Å²) in [7, 11) is 1.54. The summed E-state index contributed by atoms with van der Waals surface area (Å²) in [5.41, 5.74) is 7.21. The minimum atomic E-state index is -0.0603. The lowest BCUT2D eigenvalue weighted by atomic mass is 10.2. The van der Waals surface area contributed by atoms with Crippen LogP contribution in [0.2, 0.25) is 0 Å². The third kappa shape index (κ3) is 2.80. The van der Waals surface area contributed by atoms with Crippen LogP contribution in [0.4, 0.5) is 5.82 Å². The lowest BCUT2D eigenvalue weighted by molar-refractivity contribution is 0.280. The number of aromatic nitrogens is 2. The van der Waals surface area contributed by atoms with Gasteiger partial charge in [-0.25, -0.2) is 4.98 Å². The highest BCUT2D eigenvalue weighted by molar-refractivity contribution is 5.49. The molecule has 0 radical (unpaired) electrons. The van der Waals surface area contributed by atoms with Gasteiger partial charge in [-0.2, -0.15) is 4.98 Å². The molecule has 0 amide bonds.